The van der Waals surface area contributed by atoms with E-state index in [1.54, 1.807) is 0 Å². The average Bonchev–Trinajstić information content (AvgIpc) is 2.56. The van der Waals surface area contributed by atoms with Crippen LogP contribution in [0.3, 0.4) is 0 Å². The van der Waals surface area contributed by atoms with Crippen molar-refractivity contribution in [2.24, 2.45) is 11.1 Å². The Morgan fingerprint density at radius 3 is 2.24 bits per heavy atom. The third-order valence-electron chi connectivity index (χ3n) is 5.37. The lowest BCUT2D eigenvalue weighted by Gasteiger charge is -2.42. The van der Waals surface area contributed by atoms with E-state index in [1.165, 1.54) is 12.8 Å². The van der Waals surface area contributed by atoms with E-state index in [-0.39, 0.29) is 11.8 Å². The molecule has 1 saturated heterocycles. The summed E-state index contributed by atoms with van der Waals surface area (Å²) in [5, 5.41) is 0. The number of hydrogen-bond donors (Lipinski definition) is 1. The highest BCUT2D eigenvalue weighted by Gasteiger charge is 2.34. The first-order valence-electron chi connectivity index (χ1n) is 8.19. The number of benzene rings is 1. The molecule has 0 aliphatic carbocycles. The highest BCUT2D eigenvalue weighted by molar-refractivity contribution is 5.84. The molecule has 1 aromatic rings. The zero-order valence-electron chi connectivity index (χ0n) is 13.3. The van der Waals surface area contributed by atoms with Crippen LogP contribution < -0.4 is 5.73 Å². The Morgan fingerprint density at radius 2 is 1.76 bits per heavy atom. The fourth-order valence-corrected chi connectivity index (χ4v) is 3.44. The number of piperidine rings is 1. The summed E-state index contributed by atoms with van der Waals surface area (Å²) < 4.78 is 0. The van der Waals surface area contributed by atoms with Crippen LogP contribution in [0.25, 0.3) is 0 Å². The molecule has 0 spiro atoms. The lowest BCUT2D eigenvalue weighted by atomic mass is 9.74. The third kappa shape index (κ3) is 3.46. The van der Waals surface area contributed by atoms with Gasteiger partial charge in [-0.15, -0.1) is 0 Å². The van der Waals surface area contributed by atoms with Crippen LogP contribution in [0.2, 0.25) is 0 Å². The largest absolute Gasteiger partial charge is 0.342 e. The summed E-state index contributed by atoms with van der Waals surface area (Å²) in [6.45, 7) is 6.68. The van der Waals surface area contributed by atoms with Gasteiger partial charge >= 0.3 is 0 Å². The average molecular weight is 288 g/mol. The van der Waals surface area contributed by atoms with Crippen molar-refractivity contribution in [1.29, 1.82) is 0 Å². The van der Waals surface area contributed by atoms with E-state index in [0.29, 0.717) is 12.0 Å². The molecule has 0 aromatic heterocycles. The molecule has 0 bridgehead atoms. The number of hydrogen-bond acceptors (Lipinski definition) is 2. The van der Waals surface area contributed by atoms with Gasteiger partial charge in [0.2, 0.25) is 5.91 Å². The number of nitrogens with two attached hydrogens (primary N) is 1. The molecule has 3 nitrogen and oxygen atoms in total. The Balaban J connectivity index is 2.04. The molecule has 1 aliphatic heterocycles. The van der Waals surface area contributed by atoms with Crippen molar-refractivity contribution < 1.29 is 4.79 Å². The third-order valence-corrected chi connectivity index (χ3v) is 5.37. The first kappa shape index (κ1) is 16.0. The fourth-order valence-electron chi connectivity index (χ4n) is 3.44. The molecule has 3 heteroatoms. The van der Waals surface area contributed by atoms with Gasteiger partial charge in [0.1, 0.15) is 0 Å². The normalized spacial score (nSPS) is 19.3. The molecule has 2 rings (SSSR count). The van der Waals surface area contributed by atoms with Gasteiger partial charge < -0.3 is 10.6 Å². The van der Waals surface area contributed by atoms with Crippen molar-refractivity contribution in [1.82, 2.24) is 4.90 Å². The number of carbonyl (C=O) groups is 1. The molecule has 2 N–H and O–H groups in total. The van der Waals surface area contributed by atoms with Crippen LogP contribution in [0, 0.1) is 5.41 Å². The maximum atomic E-state index is 12.8. The van der Waals surface area contributed by atoms with Gasteiger partial charge in [-0.05, 0) is 23.8 Å². The molecule has 1 fully saturated rings. The second-order valence-electron chi connectivity index (χ2n) is 6.23. The van der Waals surface area contributed by atoms with E-state index >= 15 is 0 Å². The Bertz CT molecular complexity index is 444. The Labute approximate surface area is 128 Å². The lowest BCUT2D eigenvalue weighted by molar-refractivity contribution is -0.135. The lowest BCUT2D eigenvalue weighted by Crippen LogP contribution is -2.45. The van der Waals surface area contributed by atoms with Crippen molar-refractivity contribution >= 4 is 5.91 Å². The molecular formula is C18H28N2O. The van der Waals surface area contributed by atoms with E-state index in [2.05, 4.69) is 13.8 Å². The van der Waals surface area contributed by atoms with Crippen molar-refractivity contribution in [3.05, 3.63) is 35.9 Å². The van der Waals surface area contributed by atoms with Crippen molar-refractivity contribution in [2.45, 2.75) is 45.4 Å². The van der Waals surface area contributed by atoms with Crippen LogP contribution in [0.1, 0.15) is 51.0 Å². The summed E-state index contributed by atoms with van der Waals surface area (Å²) in [6.07, 6.45) is 4.67. The summed E-state index contributed by atoms with van der Waals surface area (Å²) in [5.74, 6) is 0.00598. The highest BCUT2D eigenvalue weighted by atomic mass is 16.2. The Hall–Kier alpha value is -1.35. The standard InChI is InChI=1S/C18H28N2O/c1-3-18(4-2)10-12-20(13-11-18)17(21)16(14-19)15-8-6-5-7-9-15/h5-9,16H,3-4,10-14,19H2,1-2H3. The van der Waals surface area contributed by atoms with Gasteiger partial charge in [-0.2, -0.15) is 0 Å². The predicted octanol–water partition coefficient (Wildman–Crippen LogP) is 3.16. The van der Waals surface area contributed by atoms with E-state index in [9.17, 15) is 4.79 Å². The molecule has 1 aliphatic rings. The maximum Gasteiger partial charge on any atom is 0.231 e. The molecule has 0 radical (unpaired) electrons. The smallest absolute Gasteiger partial charge is 0.231 e. The van der Waals surface area contributed by atoms with Crippen molar-refractivity contribution in [2.75, 3.05) is 19.6 Å². The molecule has 0 saturated carbocycles. The summed E-state index contributed by atoms with van der Waals surface area (Å²) in [7, 11) is 0. The van der Waals surface area contributed by atoms with E-state index in [1.807, 2.05) is 35.2 Å². The van der Waals surface area contributed by atoms with E-state index in [0.717, 1.165) is 31.5 Å². The van der Waals surface area contributed by atoms with Crippen LogP contribution in [0.5, 0.6) is 0 Å². The fraction of sp³-hybridized carbons (Fsp3) is 0.611. The number of carbonyl (C=O) groups excluding carboxylic acids is 1. The van der Waals surface area contributed by atoms with E-state index < -0.39 is 0 Å². The molecular weight excluding hydrogens is 260 g/mol. The van der Waals surface area contributed by atoms with Crippen molar-refractivity contribution in [3.63, 3.8) is 0 Å². The van der Waals surface area contributed by atoms with Crippen LogP contribution in [0.4, 0.5) is 0 Å². The second kappa shape index (κ2) is 7.08. The number of rotatable bonds is 5. The van der Waals surface area contributed by atoms with Gasteiger partial charge in [-0.1, -0.05) is 57.0 Å². The molecule has 1 unspecified atom stereocenters. The topological polar surface area (TPSA) is 46.3 Å². The van der Waals surface area contributed by atoms with E-state index in [4.69, 9.17) is 5.73 Å². The minimum atomic E-state index is -0.193. The summed E-state index contributed by atoms with van der Waals surface area (Å²) >= 11 is 0. The quantitative estimate of drug-likeness (QED) is 0.904. The monoisotopic (exact) mass is 288 g/mol. The molecule has 1 aromatic carbocycles. The first-order chi connectivity index (χ1) is 10.2. The summed E-state index contributed by atoms with van der Waals surface area (Å²) in [5.41, 5.74) is 7.35. The number of amides is 1. The van der Waals surface area contributed by atoms with Gasteiger partial charge in [0.15, 0.2) is 0 Å². The molecule has 1 heterocycles. The predicted molar refractivity (Wildman–Crippen MR) is 87.1 cm³/mol. The summed E-state index contributed by atoms with van der Waals surface area (Å²) in [6, 6.07) is 9.92. The van der Waals surface area contributed by atoms with Crippen molar-refractivity contribution in [3.8, 4) is 0 Å². The van der Waals surface area contributed by atoms with Gasteiger partial charge in [-0.3, -0.25) is 4.79 Å². The SMILES string of the molecule is CCC1(CC)CCN(C(=O)C(CN)c2ccccc2)CC1. The summed E-state index contributed by atoms with van der Waals surface area (Å²) in [4.78, 5) is 14.8. The minimum Gasteiger partial charge on any atom is -0.342 e. The zero-order valence-corrected chi connectivity index (χ0v) is 13.3. The van der Waals surface area contributed by atoms with Gasteiger partial charge in [0.25, 0.3) is 0 Å². The zero-order chi connectivity index (χ0) is 15.3. The molecule has 1 atom stereocenters. The highest BCUT2D eigenvalue weighted by Crippen LogP contribution is 2.38. The maximum absolute atomic E-state index is 12.8. The van der Waals surface area contributed by atoms with Gasteiger partial charge in [-0.25, -0.2) is 0 Å². The molecule has 116 valence electrons. The molecule has 21 heavy (non-hydrogen) atoms. The Morgan fingerprint density at radius 1 is 1.19 bits per heavy atom. The molecule has 1 amide bonds. The second-order valence-corrected chi connectivity index (χ2v) is 6.23. The van der Waals surface area contributed by atoms with Gasteiger partial charge in [0, 0.05) is 19.6 Å². The first-order valence-corrected chi connectivity index (χ1v) is 8.19. The number of nitrogens with zero attached hydrogens (tertiary/aromatic N) is 1. The van der Waals surface area contributed by atoms with Gasteiger partial charge in [0.05, 0.1) is 5.92 Å². The number of likely N-dealkylation sites (tertiary alicyclic amines) is 1. The Kier molecular flexibility index (Phi) is 5.40. The van der Waals surface area contributed by atoms with Crippen LogP contribution in [-0.2, 0) is 4.79 Å². The minimum absolute atomic E-state index is 0.193. The van der Waals surface area contributed by atoms with Crippen LogP contribution in [0.15, 0.2) is 30.3 Å². The van der Waals surface area contributed by atoms with Crippen LogP contribution in [-0.4, -0.2) is 30.4 Å². The van der Waals surface area contributed by atoms with Crippen LogP contribution >= 0.6 is 0 Å².